The number of nitrogens with one attached hydrogen (secondary N) is 1. The van der Waals surface area contributed by atoms with Gasteiger partial charge in [0.05, 0.1) is 0 Å². The first-order chi connectivity index (χ1) is 13.7. The third-order valence-electron chi connectivity index (χ3n) is 4.09. The van der Waals surface area contributed by atoms with E-state index in [0.29, 0.717) is 24.5 Å². The molecule has 0 atom stereocenters. The zero-order valence-corrected chi connectivity index (χ0v) is 17.0. The van der Waals surface area contributed by atoms with Crippen LogP contribution in [0.15, 0.2) is 78.9 Å². The van der Waals surface area contributed by atoms with Crippen LogP contribution in [0.25, 0.3) is 0 Å². The average Bonchev–Trinajstić information content (AvgIpc) is 2.74. The van der Waals surface area contributed by atoms with Gasteiger partial charge in [-0.2, -0.15) is 11.8 Å². The fraction of sp³-hybridized carbons (Fsp3) is 0.174. The van der Waals surface area contributed by atoms with E-state index in [2.05, 4.69) is 5.32 Å². The van der Waals surface area contributed by atoms with E-state index in [1.165, 1.54) is 0 Å². The first-order valence-corrected chi connectivity index (χ1v) is 10.6. The molecule has 0 bridgehead atoms. The minimum Gasteiger partial charge on any atom is -0.489 e. The summed E-state index contributed by atoms with van der Waals surface area (Å²) < 4.78 is 5.79. The molecule has 1 amide bonds. The highest BCUT2D eigenvalue weighted by Crippen LogP contribution is 2.20. The number of halogens is 1. The van der Waals surface area contributed by atoms with Crippen molar-refractivity contribution in [1.82, 2.24) is 5.32 Å². The molecule has 3 nitrogen and oxygen atoms in total. The molecule has 0 aliphatic carbocycles. The lowest BCUT2D eigenvalue weighted by Gasteiger charge is -2.09. The summed E-state index contributed by atoms with van der Waals surface area (Å²) in [5.41, 5.74) is 2.80. The number of ether oxygens (including phenoxy) is 1. The van der Waals surface area contributed by atoms with Crippen LogP contribution in [0.4, 0.5) is 0 Å². The zero-order chi connectivity index (χ0) is 19.6. The molecule has 144 valence electrons. The van der Waals surface area contributed by atoms with Gasteiger partial charge in [-0.15, -0.1) is 0 Å². The van der Waals surface area contributed by atoms with E-state index in [0.717, 1.165) is 27.7 Å². The molecule has 5 heteroatoms. The summed E-state index contributed by atoms with van der Waals surface area (Å²) >= 11 is 7.89. The number of carbonyl (C=O) groups excluding carboxylic acids is 1. The van der Waals surface area contributed by atoms with Crippen molar-refractivity contribution in [3.63, 3.8) is 0 Å². The Labute approximate surface area is 175 Å². The molecule has 0 fully saturated rings. The van der Waals surface area contributed by atoms with Crippen LogP contribution >= 0.6 is 23.4 Å². The number of amides is 1. The summed E-state index contributed by atoms with van der Waals surface area (Å²) in [6, 6.07) is 25.0. The summed E-state index contributed by atoms with van der Waals surface area (Å²) in [5, 5.41) is 3.74. The molecular weight excluding hydrogens is 390 g/mol. The van der Waals surface area contributed by atoms with Crippen LogP contribution in [0.2, 0.25) is 5.02 Å². The minimum atomic E-state index is -0.0940. The molecule has 0 aliphatic heterocycles. The van der Waals surface area contributed by atoms with Crippen LogP contribution in [-0.2, 0) is 12.4 Å². The number of hydrogen-bond donors (Lipinski definition) is 1. The summed E-state index contributed by atoms with van der Waals surface area (Å²) in [4.78, 5) is 12.4. The largest absolute Gasteiger partial charge is 0.489 e. The fourth-order valence-corrected chi connectivity index (χ4v) is 3.75. The van der Waals surface area contributed by atoms with Crippen LogP contribution in [0.5, 0.6) is 5.75 Å². The first-order valence-electron chi connectivity index (χ1n) is 9.08. The van der Waals surface area contributed by atoms with Gasteiger partial charge < -0.3 is 10.1 Å². The SMILES string of the molecule is O=C(NCCSCc1ccccc1Cl)c1cccc(OCc2ccccc2)c1. The Morgan fingerprint density at radius 1 is 0.964 bits per heavy atom. The highest BCUT2D eigenvalue weighted by Gasteiger charge is 2.07. The standard InChI is InChI=1S/C23H22ClNO2S/c24-22-12-5-4-9-20(22)17-28-14-13-25-23(26)19-10-6-11-21(15-19)27-16-18-7-2-1-3-8-18/h1-12,15H,13-14,16-17H2,(H,25,26). The highest BCUT2D eigenvalue weighted by atomic mass is 35.5. The highest BCUT2D eigenvalue weighted by molar-refractivity contribution is 7.98. The molecule has 0 aromatic heterocycles. The predicted octanol–water partition coefficient (Wildman–Crippen LogP) is 5.58. The maximum absolute atomic E-state index is 12.4. The van der Waals surface area contributed by atoms with Crippen molar-refractivity contribution in [3.8, 4) is 5.75 Å². The van der Waals surface area contributed by atoms with Crippen molar-refractivity contribution in [2.45, 2.75) is 12.4 Å². The van der Waals surface area contributed by atoms with E-state index < -0.39 is 0 Å². The van der Waals surface area contributed by atoms with E-state index in [1.54, 1.807) is 23.9 Å². The van der Waals surface area contributed by atoms with Gasteiger partial charge in [0, 0.05) is 28.6 Å². The number of benzene rings is 3. The maximum atomic E-state index is 12.4. The Bertz CT molecular complexity index is 902. The molecule has 3 rings (SSSR count). The maximum Gasteiger partial charge on any atom is 0.251 e. The van der Waals surface area contributed by atoms with Gasteiger partial charge in [-0.25, -0.2) is 0 Å². The van der Waals surface area contributed by atoms with Gasteiger partial charge in [0.2, 0.25) is 0 Å². The molecule has 0 heterocycles. The summed E-state index contributed by atoms with van der Waals surface area (Å²) in [7, 11) is 0. The monoisotopic (exact) mass is 411 g/mol. The van der Waals surface area contributed by atoms with Crippen molar-refractivity contribution in [2.24, 2.45) is 0 Å². The van der Waals surface area contributed by atoms with E-state index in [4.69, 9.17) is 16.3 Å². The second-order valence-corrected chi connectivity index (χ2v) is 7.71. The first kappa shape index (κ1) is 20.3. The van der Waals surface area contributed by atoms with E-state index in [1.807, 2.05) is 66.7 Å². The predicted molar refractivity (Wildman–Crippen MR) is 117 cm³/mol. The molecule has 3 aromatic carbocycles. The van der Waals surface area contributed by atoms with E-state index in [-0.39, 0.29) is 5.91 Å². The summed E-state index contributed by atoms with van der Waals surface area (Å²) in [5.74, 6) is 2.24. The topological polar surface area (TPSA) is 38.3 Å². The van der Waals surface area contributed by atoms with Gasteiger partial charge in [0.25, 0.3) is 5.91 Å². The van der Waals surface area contributed by atoms with Gasteiger partial charge in [0.15, 0.2) is 0 Å². The van der Waals surface area contributed by atoms with Crippen LogP contribution in [0, 0.1) is 0 Å². The lowest BCUT2D eigenvalue weighted by molar-refractivity contribution is 0.0955. The molecule has 0 saturated heterocycles. The normalized spacial score (nSPS) is 10.5. The molecule has 0 aliphatic rings. The molecule has 3 aromatic rings. The smallest absolute Gasteiger partial charge is 0.251 e. The van der Waals surface area contributed by atoms with Crippen LogP contribution < -0.4 is 10.1 Å². The third-order valence-corrected chi connectivity index (χ3v) is 5.47. The second-order valence-electron chi connectivity index (χ2n) is 6.20. The van der Waals surface area contributed by atoms with Crippen molar-refractivity contribution in [1.29, 1.82) is 0 Å². The molecule has 1 N–H and O–H groups in total. The van der Waals surface area contributed by atoms with Crippen LogP contribution in [0.1, 0.15) is 21.5 Å². The Morgan fingerprint density at radius 2 is 1.75 bits per heavy atom. The number of rotatable bonds is 9. The number of hydrogen-bond acceptors (Lipinski definition) is 3. The van der Waals surface area contributed by atoms with Crippen molar-refractivity contribution < 1.29 is 9.53 Å². The molecule has 0 unspecified atom stereocenters. The van der Waals surface area contributed by atoms with Crippen LogP contribution in [-0.4, -0.2) is 18.2 Å². The van der Waals surface area contributed by atoms with Gasteiger partial charge >= 0.3 is 0 Å². The Morgan fingerprint density at radius 3 is 2.57 bits per heavy atom. The summed E-state index contributed by atoms with van der Waals surface area (Å²) in [6.07, 6.45) is 0. The van der Waals surface area contributed by atoms with Crippen molar-refractivity contribution >= 4 is 29.3 Å². The molecule has 0 spiro atoms. The van der Waals surface area contributed by atoms with Crippen molar-refractivity contribution in [2.75, 3.05) is 12.3 Å². The van der Waals surface area contributed by atoms with Gasteiger partial charge in [-0.3, -0.25) is 4.79 Å². The lowest BCUT2D eigenvalue weighted by atomic mass is 10.2. The Hall–Kier alpha value is -2.43. The quantitative estimate of drug-likeness (QED) is 0.467. The molecule has 0 radical (unpaired) electrons. The Kier molecular flexibility index (Phi) is 7.82. The molecular formula is C23H22ClNO2S. The van der Waals surface area contributed by atoms with Crippen LogP contribution in [0.3, 0.4) is 0 Å². The average molecular weight is 412 g/mol. The number of carbonyl (C=O) groups is 1. The third kappa shape index (κ3) is 6.32. The molecule has 0 saturated carbocycles. The van der Waals surface area contributed by atoms with E-state index >= 15 is 0 Å². The Balaban J connectivity index is 1.42. The molecule has 28 heavy (non-hydrogen) atoms. The van der Waals surface area contributed by atoms with Gasteiger partial charge in [-0.1, -0.05) is 66.2 Å². The summed E-state index contributed by atoms with van der Waals surface area (Å²) in [6.45, 7) is 1.08. The van der Waals surface area contributed by atoms with Gasteiger partial charge in [-0.05, 0) is 35.4 Å². The number of thioether (sulfide) groups is 1. The van der Waals surface area contributed by atoms with Crippen molar-refractivity contribution in [3.05, 3.63) is 101 Å². The lowest BCUT2D eigenvalue weighted by Crippen LogP contribution is -2.25. The van der Waals surface area contributed by atoms with Gasteiger partial charge in [0.1, 0.15) is 12.4 Å². The zero-order valence-electron chi connectivity index (χ0n) is 15.4. The minimum absolute atomic E-state index is 0.0940. The second kappa shape index (κ2) is 10.8. The fourth-order valence-electron chi connectivity index (χ4n) is 2.60. The van der Waals surface area contributed by atoms with E-state index in [9.17, 15) is 4.79 Å².